The SMILES string of the molecule is COc1ccc(NC(=O)C(=O)NCc2ccco2)cn1. The number of aromatic nitrogens is 1. The summed E-state index contributed by atoms with van der Waals surface area (Å²) < 4.78 is 9.93. The quantitative estimate of drug-likeness (QED) is 0.810. The van der Waals surface area contributed by atoms with E-state index in [0.717, 1.165) is 0 Å². The second-order valence-electron chi connectivity index (χ2n) is 3.81. The van der Waals surface area contributed by atoms with Gasteiger partial charge in [0.05, 0.1) is 31.8 Å². The Morgan fingerprint density at radius 1 is 1.30 bits per heavy atom. The molecular formula is C13H13N3O4. The molecule has 7 heteroatoms. The number of pyridine rings is 1. The fourth-order valence-corrected chi connectivity index (χ4v) is 1.42. The summed E-state index contributed by atoms with van der Waals surface area (Å²) in [7, 11) is 1.49. The number of ether oxygens (including phenoxy) is 1. The molecule has 0 atom stereocenters. The van der Waals surface area contributed by atoms with Gasteiger partial charge in [0, 0.05) is 6.07 Å². The molecule has 0 radical (unpaired) electrons. The predicted molar refractivity (Wildman–Crippen MR) is 70.0 cm³/mol. The van der Waals surface area contributed by atoms with Gasteiger partial charge in [-0.3, -0.25) is 9.59 Å². The fraction of sp³-hybridized carbons (Fsp3) is 0.154. The summed E-state index contributed by atoms with van der Waals surface area (Å²) in [6, 6.07) is 6.57. The van der Waals surface area contributed by atoms with Crippen LogP contribution in [0.2, 0.25) is 0 Å². The predicted octanol–water partition coefficient (Wildman–Crippen LogP) is 0.938. The summed E-state index contributed by atoms with van der Waals surface area (Å²) in [4.78, 5) is 27.1. The van der Waals surface area contributed by atoms with Gasteiger partial charge in [0.25, 0.3) is 0 Å². The van der Waals surface area contributed by atoms with Crippen molar-refractivity contribution in [1.82, 2.24) is 10.3 Å². The highest BCUT2D eigenvalue weighted by Crippen LogP contribution is 2.10. The molecule has 7 nitrogen and oxygen atoms in total. The number of anilines is 1. The molecule has 2 amide bonds. The molecule has 0 fully saturated rings. The standard InChI is InChI=1S/C13H13N3O4/c1-19-11-5-4-9(7-14-11)16-13(18)12(17)15-8-10-3-2-6-20-10/h2-7H,8H2,1H3,(H,15,17)(H,16,18). The molecule has 0 aliphatic rings. The molecule has 0 saturated heterocycles. The topological polar surface area (TPSA) is 93.5 Å². The van der Waals surface area contributed by atoms with Crippen LogP contribution in [-0.4, -0.2) is 23.9 Å². The van der Waals surface area contributed by atoms with Crippen LogP contribution in [0.1, 0.15) is 5.76 Å². The zero-order valence-electron chi connectivity index (χ0n) is 10.8. The van der Waals surface area contributed by atoms with E-state index in [1.54, 1.807) is 24.3 Å². The number of rotatable bonds is 4. The minimum Gasteiger partial charge on any atom is -0.481 e. The van der Waals surface area contributed by atoms with E-state index < -0.39 is 11.8 Å². The Bertz CT molecular complexity index is 578. The molecule has 2 heterocycles. The van der Waals surface area contributed by atoms with Gasteiger partial charge in [-0.1, -0.05) is 0 Å². The average Bonchev–Trinajstić information content (AvgIpc) is 2.98. The number of carbonyl (C=O) groups is 2. The summed E-state index contributed by atoms with van der Waals surface area (Å²) >= 11 is 0. The molecule has 0 aliphatic heterocycles. The first-order chi connectivity index (χ1) is 9.69. The highest BCUT2D eigenvalue weighted by Gasteiger charge is 2.13. The number of furan rings is 1. The Labute approximate surface area is 114 Å². The molecule has 0 bridgehead atoms. The van der Waals surface area contributed by atoms with Gasteiger partial charge in [-0.15, -0.1) is 0 Å². The van der Waals surface area contributed by atoms with Crippen LogP contribution in [0.4, 0.5) is 5.69 Å². The van der Waals surface area contributed by atoms with Crippen LogP contribution in [-0.2, 0) is 16.1 Å². The Balaban J connectivity index is 1.85. The Morgan fingerprint density at radius 3 is 2.75 bits per heavy atom. The van der Waals surface area contributed by atoms with Crippen molar-refractivity contribution in [2.24, 2.45) is 0 Å². The highest BCUT2D eigenvalue weighted by molar-refractivity contribution is 6.39. The van der Waals surface area contributed by atoms with Crippen LogP contribution in [0.25, 0.3) is 0 Å². The third kappa shape index (κ3) is 3.58. The molecule has 0 saturated carbocycles. The van der Waals surface area contributed by atoms with E-state index in [1.807, 2.05) is 0 Å². The maximum Gasteiger partial charge on any atom is 0.313 e. The minimum absolute atomic E-state index is 0.153. The van der Waals surface area contributed by atoms with Crippen molar-refractivity contribution in [2.75, 3.05) is 12.4 Å². The lowest BCUT2D eigenvalue weighted by Gasteiger charge is -2.05. The number of nitrogens with one attached hydrogen (secondary N) is 2. The van der Waals surface area contributed by atoms with Gasteiger partial charge in [0.15, 0.2) is 0 Å². The maximum absolute atomic E-state index is 11.6. The van der Waals surface area contributed by atoms with Gasteiger partial charge in [-0.05, 0) is 18.2 Å². The van der Waals surface area contributed by atoms with Gasteiger partial charge in [-0.25, -0.2) is 4.98 Å². The van der Waals surface area contributed by atoms with Crippen molar-refractivity contribution in [3.05, 3.63) is 42.5 Å². The van der Waals surface area contributed by atoms with Crippen LogP contribution < -0.4 is 15.4 Å². The Morgan fingerprint density at radius 2 is 2.15 bits per heavy atom. The molecule has 20 heavy (non-hydrogen) atoms. The lowest BCUT2D eigenvalue weighted by molar-refractivity contribution is -0.136. The first-order valence-corrected chi connectivity index (χ1v) is 5.80. The molecule has 0 unspecified atom stereocenters. The molecule has 0 aliphatic carbocycles. The van der Waals surface area contributed by atoms with E-state index >= 15 is 0 Å². The van der Waals surface area contributed by atoms with Gasteiger partial charge < -0.3 is 19.8 Å². The fourth-order valence-electron chi connectivity index (χ4n) is 1.42. The molecular weight excluding hydrogens is 262 g/mol. The number of nitrogens with zero attached hydrogens (tertiary/aromatic N) is 1. The highest BCUT2D eigenvalue weighted by atomic mass is 16.5. The second kappa shape index (κ2) is 6.37. The van der Waals surface area contributed by atoms with Crippen molar-refractivity contribution >= 4 is 17.5 Å². The molecule has 0 aromatic carbocycles. The number of methoxy groups -OCH3 is 1. The maximum atomic E-state index is 11.6. The van der Waals surface area contributed by atoms with E-state index in [9.17, 15) is 9.59 Å². The van der Waals surface area contributed by atoms with Crippen molar-refractivity contribution < 1.29 is 18.7 Å². The number of amides is 2. The summed E-state index contributed by atoms with van der Waals surface area (Å²) in [6.07, 6.45) is 2.89. The van der Waals surface area contributed by atoms with E-state index in [-0.39, 0.29) is 6.54 Å². The van der Waals surface area contributed by atoms with Crippen LogP contribution in [0, 0.1) is 0 Å². The zero-order valence-corrected chi connectivity index (χ0v) is 10.8. The van der Waals surface area contributed by atoms with E-state index in [1.165, 1.54) is 19.6 Å². The average molecular weight is 275 g/mol. The van der Waals surface area contributed by atoms with E-state index in [2.05, 4.69) is 15.6 Å². The molecule has 2 aromatic rings. The van der Waals surface area contributed by atoms with Gasteiger partial charge in [0.2, 0.25) is 5.88 Å². The third-order valence-corrected chi connectivity index (χ3v) is 2.41. The summed E-state index contributed by atoms with van der Waals surface area (Å²) in [6.45, 7) is 0.153. The molecule has 2 rings (SSSR count). The van der Waals surface area contributed by atoms with Crippen molar-refractivity contribution in [1.29, 1.82) is 0 Å². The minimum atomic E-state index is -0.775. The van der Waals surface area contributed by atoms with Crippen LogP contribution >= 0.6 is 0 Å². The first kappa shape index (κ1) is 13.6. The van der Waals surface area contributed by atoms with E-state index in [4.69, 9.17) is 9.15 Å². The number of carbonyl (C=O) groups excluding carboxylic acids is 2. The summed E-state index contributed by atoms with van der Waals surface area (Å²) in [5, 5.41) is 4.86. The monoisotopic (exact) mass is 275 g/mol. The van der Waals surface area contributed by atoms with Crippen LogP contribution in [0.3, 0.4) is 0 Å². The van der Waals surface area contributed by atoms with Crippen molar-refractivity contribution in [3.63, 3.8) is 0 Å². The Kier molecular flexibility index (Phi) is 4.33. The Hall–Kier alpha value is -2.83. The van der Waals surface area contributed by atoms with Gasteiger partial charge in [-0.2, -0.15) is 0 Å². The van der Waals surface area contributed by atoms with Crippen molar-refractivity contribution in [3.8, 4) is 5.88 Å². The summed E-state index contributed by atoms with van der Waals surface area (Å²) in [5.74, 6) is -0.539. The van der Waals surface area contributed by atoms with Crippen LogP contribution in [0.15, 0.2) is 41.1 Å². The normalized spacial score (nSPS) is 9.85. The largest absolute Gasteiger partial charge is 0.481 e. The number of hydrogen-bond acceptors (Lipinski definition) is 5. The molecule has 104 valence electrons. The summed E-state index contributed by atoms with van der Waals surface area (Å²) in [5.41, 5.74) is 0.406. The molecule has 0 spiro atoms. The molecule has 2 N–H and O–H groups in total. The number of hydrogen-bond donors (Lipinski definition) is 2. The lowest BCUT2D eigenvalue weighted by Crippen LogP contribution is -2.34. The van der Waals surface area contributed by atoms with Gasteiger partial charge >= 0.3 is 11.8 Å². The third-order valence-electron chi connectivity index (χ3n) is 2.41. The zero-order chi connectivity index (χ0) is 14.4. The smallest absolute Gasteiger partial charge is 0.313 e. The van der Waals surface area contributed by atoms with Crippen molar-refractivity contribution in [2.45, 2.75) is 6.54 Å². The lowest BCUT2D eigenvalue weighted by atomic mass is 10.4. The second-order valence-corrected chi connectivity index (χ2v) is 3.81. The van der Waals surface area contributed by atoms with Crippen LogP contribution in [0.5, 0.6) is 5.88 Å². The first-order valence-electron chi connectivity index (χ1n) is 5.80. The van der Waals surface area contributed by atoms with Gasteiger partial charge in [0.1, 0.15) is 5.76 Å². The molecule has 2 aromatic heterocycles. The van der Waals surface area contributed by atoms with E-state index in [0.29, 0.717) is 17.3 Å².